The van der Waals surface area contributed by atoms with Gasteiger partial charge >= 0.3 is 0 Å². The van der Waals surface area contributed by atoms with Gasteiger partial charge in [-0.3, -0.25) is 4.79 Å². The number of para-hydroxylation sites is 1. The Morgan fingerprint density at radius 1 is 1.08 bits per heavy atom. The topological polar surface area (TPSA) is 34.0 Å². The van der Waals surface area contributed by atoms with Crippen LogP contribution in [0, 0.1) is 0 Å². The summed E-state index contributed by atoms with van der Waals surface area (Å²) in [6, 6.07) is 16.6. The molecule has 1 aliphatic carbocycles. The molecule has 4 heteroatoms. The van der Waals surface area contributed by atoms with Crippen LogP contribution >= 0.6 is 11.6 Å². The summed E-state index contributed by atoms with van der Waals surface area (Å²) < 4.78 is 2.22. The summed E-state index contributed by atoms with van der Waals surface area (Å²) in [5.41, 5.74) is 3.44. The minimum absolute atomic E-state index is 0.131. The highest BCUT2D eigenvalue weighted by Crippen LogP contribution is 2.24. The zero-order valence-electron chi connectivity index (χ0n) is 14.7. The Morgan fingerprint density at radius 2 is 1.81 bits per heavy atom. The molecule has 0 unspecified atom stereocenters. The van der Waals surface area contributed by atoms with Gasteiger partial charge in [0.25, 0.3) is 0 Å². The van der Waals surface area contributed by atoms with Crippen LogP contribution in [0.3, 0.4) is 0 Å². The Bertz CT molecular complexity index is 908. The third-order valence-electron chi connectivity index (χ3n) is 5.21. The number of halogens is 1. The highest BCUT2D eigenvalue weighted by Gasteiger charge is 2.18. The number of nitrogens with zero attached hydrogens (tertiary/aromatic N) is 1. The van der Waals surface area contributed by atoms with Crippen molar-refractivity contribution in [2.45, 2.75) is 44.7 Å². The summed E-state index contributed by atoms with van der Waals surface area (Å²) in [6.07, 6.45) is 7.24. The van der Waals surface area contributed by atoms with Crippen molar-refractivity contribution in [2.75, 3.05) is 0 Å². The number of aromatic nitrogens is 1. The Labute approximate surface area is 159 Å². The van der Waals surface area contributed by atoms with E-state index < -0.39 is 0 Å². The third kappa shape index (κ3) is 3.78. The van der Waals surface area contributed by atoms with Crippen LogP contribution in [0.2, 0.25) is 5.02 Å². The molecule has 1 aromatic heterocycles. The molecule has 0 aliphatic heterocycles. The van der Waals surface area contributed by atoms with E-state index in [0.717, 1.165) is 40.9 Å². The number of benzene rings is 2. The number of rotatable bonds is 5. The van der Waals surface area contributed by atoms with Gasteiger partial charge in [0.2, 0.25) is 5.91 Å². The summed E-state index contributed by atoms with van der Waals surface area (Å²) in [6.45, 7) is 0.766. The van der Waals surface area contributed by atoms with Crippen LogP contribution in [0.1, 0.15) is 36.8 Å². The van der Waals surface area contributed by atoms with Gasteiger partial charge in [0.05, 0.1) is 6.42 Å². The van der Waals surface area contributed by atoms with Gasteiger partial charge in [0.1, 0.15) is 0 Å². The molecular weight excluding hydrogens is 344 g/mol. The van der Waals surface area contributed by atoms with Gasteiger partial charge in [0.15, 0.2) is 0 Å². The van der Waals surface area contributed by atoms with E-state index in [-0.39, 0.29) is 5.91 Å². The van der Waals surface area contributed by atoms with Gasteiger partial charge in [0, 0.05) is 34.7 Å². The Balaban J connectivity index is 1.57. The SMILES string of the molecule is O=C(Cc1cn(Cc2ccc(Cl)cc2)c2ccccc12)NC1CCCC1. The predicted octanol–water partition coefficient (Wildman–Crippen LogP) is 4.94. The molecule has 4 rings (SSSR count). The second kappa shape index (κ2) is 7.55. The zero-order chi connectivity index (χ0) is 17.9. The summed E-state index contributed by atoms with van der Waals surface area (Å²) in [7, 11) is 0. The maximum Gasteiger partial charge on any atom is 0.224 e. The molecule has 3 aromatic rings. The smallest absolute Gasteiger partial charge is 0.224 e. The second-order valence-electron chi connectivity index (χ2n) is 7.15. The Hall–Kier alpha value is -2.26. The fourth-order valence-electron chi connectivity index (χ4n) is 3.90. The van der Waals surface area contributed by atoms with Crippen molar-refractivity contribution >= 4 is 28.4 Å². The molecule has 1 fully saturated rings. The molecule has 26 heavy (non-hydrogen) atoms. The van der Waals surface area contributed by atoms with E-state index in [1.165, 1.54) is 18.4 Å². The van der Waals surface area contributed by atoms with Gasteiger partial charge < -0.3 is 9.88 Å². The molecule has 0 bridgehead atoms. The average Bonchev–Trinajstić information content (AvgIpc) is 3.26. The van der Waals surface area contributed by atoms with Crippen molar-refractivity contribution in [1.82, 2.24) is 9.88 Å². The second-order valence-corrected chi connectivity index (χ2v) is 7.59. The first-order chi connectivity index (χ1) is 12.7. The predicted molar refractivity (Wildman–Crippen MR) is 107 cm³/mol. The lowest BCUT2D eigenvalue weighted by atomic mass is 10.1. The monoisotopic (exact) mass is 366 g/mol. The number of fused-ring (bicyclic) bond motifs is 1. The van der Waals surface area contributed by atoms with Crippen molar-refractivity contribution in [3.8, 4) is 0 Å². The van der Waals surface area contributed by atoms with Crippen LogP contribution in [0.15, 0.2) is 54.7 Å². The first-order valence-corrected chi connectivity index (χ1v) is 9.67. The van der Waals surface area contributed by atoms with E-state index in [1.54, 1.807) is 0 Å². The number of hydrogen-bond acceptors (Lipinski definition) is 1. The zero-order valence-corrected chi connectivity index (χ0v) is 15.5. The minimum Gasteiger partial charge on any atom is -0.353 e. The summed E-state index contributed by atoms with van der Waals surface area (Å²) in [5, 5.41) is 5.10. The van der Waals surface area contributed by atoms with E-state index in [9.17, 15) is 4.79 Å². The molecule has 0 atom stereocenters. The first kappa shape index (κ1) is 17.2. The minimum atomic E-state index is 0.131. The Kier molecular flexibility index (Phi) is 4.98. The van der Waals surface area contributed by atoms with Crippen molar-refractivity contribution in [3.05, 3.63) is 70.9 Å². The van der Waals surface area contributed by atoms with Crippen LogP contribution in [0.4, 0.5) is 0 Å². The van der Waals surface area contributed by atoms with Gasteiger partial charge in [-0.2, -0.15) is 0 Å². The lowest BCUT2D eigenvalue weighted by Gasteiger charge is -2.11. The molecule has 3 nitrogen and oxygen atoms in total. The van der Waals surface area contributed by atoms with E-state index in [1.807, 2.05) is 36.4 Å². The maximum absolute atomic E-state index is 12.5. The number of nitrogens with one attached hydrogen (secondary N) is 1. The van der Waals surface area contributed by atoms with Crippen LogP contribution in [-0.2, 0) is 17.8 Å². The number of carbonyl (C=O) groups excluding carboxylic acids is 1. The van der Waals surface area contributed by atoms with Crippen LogP contribution in [0.25, 0.3) is 10.9 Å². The van der Waals surface area contributed by atoms with Gasteiger partial charge in [-0.25, -0.2) is 0 Å². The van der Waals surface area contributed by atoms with E-state index in [2.05, 4.69) is 28.2 Å². The molecule has 0 saturated heterocycles. The largest absolute Gasteiger partial charge is 0.353 e. The fraction of sp³-hybridized carbons (Fsp3) is 0.318. The van der Waals surface area contributed by atoms with Crippen molar-refractivity contribution in [3.63, 3.8) is 0 Å². The van der Waals surface area contributed by atoms with E-state index in [4.69, 9.17) is 11.6 Å². The van der Waals surface area contributed by atoms with E-state index >= 15 is 0 Å². The lowest BCUT2D eigenvalue weighted by molar-refractivity contribution is -0.121. The molecule has 1 heterocycles. The quantitative estimate of drug-likeness (QED) is 0.681. The van der Waals surface area contributed by atoms with E-state index in [0.29, 0.717) is 12.5 Å². The molecule has 1 saturated carbocycles. The molecule has 1 aliphatic rings. The lowest BCUT2D eigenvalue weighted by Crippen LogP contribution is -2.33. The van der Waals surface area contributed by atoms with Gasteiger partial charge in [-0.05, 0) is 42.2 Å². The first-order valence-electron chi connectivity index (χ1n) is 9.29. The van der Waals surface area contributed by atoms with Crippen LogP contribution in [0.5, 0.6) is 0 Å². The molecule has 0 spiro atoms. The van der Waals surface area contributed by atoms with Crippen molar-refractivity contribution in [1.29, 1.82) is 0 Å². The van der Waals surface area contributed by atoms with Gasteiger partial charge in [-0.15, -0.1) is 0 Å². The number of amides is 1. The average molecular weight is 367 g/mol. The molecule has 1 amide bonds. The standard InChI is InChI=1S/C22H23ClN2O/c23-18-11-9-16(10-12-18)14-25-15-17(20-7-3-4-8-21(20)25)13-22(26)24-19-5-1-2-6-19/h3-4,7-12,15,19H,1-2,5-6,13-14H2,(H,24,26). The number of carbonyl (C=O) groups is 1. The highest BCUT2D eigenvalue weighted by atomic mass is 35.5. The summed E-state index contributed by atoms with van der Waals surface area (Å²) in [4.78, 5) is 12.5. The number of hydrogen-bond donors (Lipinski definition) is 1. The molecule has 2 aromatic carbocycles. The molecule has 134 valence electrons. The molecular formula is C22H23ClN2O. The highest BCUT2D eigenvalue weighted by molar-refractivity contribution is 6.30. The fourth-order valence-corrected chi connectivity index (χ4v) is 4.03. The van der Waals surface area contributed by atoms with Crippen molar-refractivity contribution in [2.24, 2.45) is 0 Å². The summed E-state index contributed by atoms with van der Waals surface area (Å²) >= 11 is 5.99. The summed E-state index contributed by atoms with van der Waals surface area (Å²) in [5.74, 6) is 0.131. The van der Waals surface area contributed by atoms with Crippen molar-refractivity contribution < 1.29 is 4.79 Å². The van der Waals surface area contributed by atoms with Crippen LogP contribution < -0.4 is 5.32 Å². The van der Waals surface area contributed by atoms with Gasteiger partial charge in [-0.1, -0.05) is 54.8 Å². The molecule has 1 N–H and O–H groups in total. The Morgan fingerprint density at radius 3 is 2.58 bits per heavy atom. The van der Waals surface area contributed by atoms with Crippen LogP contribution in [-0.4, -0.2) is 16.5 Å². The maximum atomic E-state index is 12.5. The molecule has 0 radical (unpaired) electrons. The normalized spacial score (nSPS) is 14.8. The third-order valence-corrected chi connectivity index (χ3v) is 5.46.